The molecule has 0 radical (unpaired) electrons. The maximum absolute atomic E-state index is 11.0. The standard InChI is InChI=1S/C14H11NO5/c16-14(17)13-11(2-1-5-15-13)18-7-9-3-4-10-12(6-9)20-8-19-10/h1-6H,7-8H2,(H,16,17). The predicted octanol–water partition coefficient (Wildman–Crippen LogP) is 2.09. The largest absolute Gasteiger partial charge is 0.486 e. The highest BCUT2D eigenvalue weighted by molar-refractivity contribution is 5.88. The molecule has 102 valence electrons. The predicted molar refractivity (Wildman–Crippen MR) is 68.1 cm³/mol. The van der Waals surface area contributed by atoms with Gasteiger partial charge in [0.2, 0.25) is 6.79 Å². The minimum Gasteiger partial charge on any atom is -0.486 e. The Labute approximate surface area is 114 Å². The molecular formula is C14H11NO5. The van der Waals surface area contributed by atoms with Crippen molar-refractivity contribution in [2.75, 3.05) is 6.79 Å². The van der Waals surface area contributed by atoms with Gasteiger partial charge in [-0.1, -0.05) is 6.07 Å². The summed E-state index contributed by atoms with van der Waals surface area (Å²) >= 11 is 0. The van der Waals surface area contributed by atoms with Crippen LogP contribution in [-0.4, -0.2) is 22.9 Å². The Hall–Kier alpha value is -2.76. The fraction of sp³-hybridized carbons (Fsp3) is 0.143. The molecule has 0 unspecified atom stereocenters. The van der Waals surface area contributed by atoms with Crippen LogP contribution in [0.15, 0.2) is 36.5 Å². The number of fused-ring (bicyclic) bond motifs is 1. The van der Waals surface area contributed by atoms with Gasteiger partial charge in [-0.3, -0.25) is 0 Å². The minimum atomic E-state index is -1.12. The number of pyridine rings is 1. The Balaban J connectivity index is 1.75. The third-order valence-corrected chi connectivity index (χ3v) is 2.80. The van der Waals surface area contributed by atoms with Gasteiger partial charge in [0.05, 0.1) is 0 Å². The molecule has 0 aliphatic carbocycles. The van der Waals surface area contributed by atoms with Crippen LogP contribution in [0.1, 0.15) is 16.1 Å². The first-order valence-corrected chi connectivity index (χ1v) is 5.93. The Kier molecular flexibility index (Phi) is 3.12. The summed E-state index contributed by atoms with van der Waals surface area (Å²) in [7, 11) is 0. The number of carboxylic acids is 1. The Morgan fingerprint density at radius 1 is 1.30 bits per heavy atom. The van der Waals surface area contributed by atoms with Gasteiger partial charge in [-0.2, -0.15) is 0 Å². The molecule has 0 fully saturated rings. The van der Waals surface area contributed by atoms with Crippen LogP contribution in [0, 0.1) is 0 Å². The average Bonchev–Trinajstić information content (AvgIpc) is 2.92. The van der Waals surface area contributed by atoms with Gasteiger partial charge >= 0.3 is 5.97 Å². The van der Waals surface area contributed by atoms with E-state index in [2.05, 4.69) is 4.98 Å². The zero-order valence-corrected chi connectivity index (χ0v) is 10.4. The topological polar surface area (TPSA) is 77.9 Å². The number of aromatic carboxylic acids is 1. The normalized spacial score (nSPS) is 12.2. The van der Waals surface area contributed by atoms with Crippen LogP contribution < -0.4 is 14.2 Å². The van der Waals surface area contributed by atoms with Crippen molar-refractivity contribution >= 4 is 5.97 Å². The maximum Gasteiger partial charge on any atom is 0.358 e. The molecule has 6 nitrogen and oxygen atoms in total. The highest BCUT2D eigenvalue weighted by Crippen LogP contribution is 2.32. The molecule has 0 amide bonds. The van der Waals surface area contributed by atoms with Crippen molar-refractivity contribution < 1.29 is 24.1 Å². The fourth-order valence-electron chi connectivity index (χ4n) is 1.86. The number of rotatable bonds is 4. The van der Waals surface area contributed by atoms with Crippen LogP contribution in [0.2, 0.25) is 0 Å². The molecule has 0 bridgehead atoms. The van der Waals surface area contributed by atoms with E-state index in [-0.39, 0.29) is 24.8 Å². The Bertz CT molecular complexity index is 656. The van der Waals surface area contributed by atoms with Crippen LogP contribution >= 0.6 is 0 Å². The zero-order valence-electron chi connectivity index (χ0n) is 10.4. The number of hydrogen-bond acceptors (Lipinski definition) is 5. The number of carbonyl (C=O) groups is 1. The summed E-state index contributed by atoms with van der Waals surface area (Å²) in [6.45, 7) is 0.439. The zero-order chi connectivity index (χ0) is 13.9. The van der Waals surface area contributed by atoms with Crippen molar-refractivity contribution in [1.29, 1.82) is 0 Å². The van der Waals surface area contributed by atoms with E-state index in [9.17, 15) is 4.79 Å². The van der Waals surface area contributed by atoms with Gasteiger partial charge in [-0.25, -0.2) is 9.78 Å². The lowest BCUT2D eigenvalue weighted by molar-refractivity contribution is 0.0684. The van der Waals surface area contributed by atoms with E-state index < -0.39 is 5.97 Å². The molecule has 1 aromatic carbocycles. The van der Waals surface area contributed by atoms with E-state index >= 15 is 0 Å². The van der Waals surface area contributed by atoms with Crippen molar-refractivity contribution in [1.82, 2.24) is 4.98 Å². The van der Waals surface area contributed by atoms with E-state index in [1.807, 2.05) is 6.07 Å². The van der Waals surface area contributed by atoms with Crippen LogP contribution in [0.5, 0.6) is 17.2 Å². The van der Waals surface area contributed by atoms with E-state index in [4.69, 9.17) is 19.3 Å². The first-order valence-electron chi connectivity index (χ1n) is 5.93. The summed E-state index contributed by atoms with van der Waals surface area (Å²) in [6.07, 6.45) is 1.41. The number of benzene rings is 1. The van der Waals surface area contributed by atoms with Gasteiger partial charge < -0.3 is 19.3 Å². The Morgan fingerprint density at radius 2 is 2.15 bits per heavy atom. The van der Waals surface area contributed by atoms with Crippen LogP contribution in [0.4, 0.5) is 0 Å². The first kappa shape index (κ1) is 12.3. The van der Waals surface area contributed by atoms with Crippen molar-refractivity contribution in [2.24, 2.45) is 0 Å². The van der Waals surface area contributed by atoms with Crippen molar-refractivity contribution in [3.63, 3.8) is 0 Å². The second-order valence-corrected chi connectivity index (χ2v) is 4.13. The molecule has 1 aromatic heterocycles. The number of hydrogen-bond donors (Lipinski definition) is 1. The van der Waals surface area contributed by atoms with Crippen molar-refractivity contribution in [2.45, 2.75) is 6.61 Å². The molecule has 1 aliphatic heterocycles. The summed E-state index contributed by atoms with van der Waals surface area (Å²) in [5.74, 6) is 0.473. The molecule has 1 N–H and O–H groups in total. The number of nitrogens with zero attached hydrogens (tertiary/aromatic N) is 1. The molecule has 3 rings (SSSR count). The van der Waals surface area contributed by atoms with E-state index in [0.717, 1.165) is 5.56 Å². The molecule has 0 saturated carbocycles. The first-order chi connectivity index (χ1) is 9.74. The van der Waals surface area contributed by atoms with E-state index in [0.29, 0.717) is 11.5 Å². The van der Waals surface area contributed by atoms with Gasteiger partial charge in [-0.15, -0.1) is 0 Å². The quantitative estimate of drug-likeness (QED) is 0.919. The number of aromatic nitrogens is 1. The summed E-state index contributed by atoms with van der Waals surface area (Å²) in [6, 6.07) is 8.64. The van der Waals surface area contributed by atoms with Gasteiger partial charge in [-0.05, 0) is 29.8 Å². The molecular weight excluding hydrogens is 262 g/mol. The average molecular weight is 273 g/mol. The molecule has 1 aliphatic rings. The smallest absolute Gasteiger partial charge is 0.358 e. The monoisotopic (exact) mass is 273 g/mol. The summed E-state index contributed by atoms with van der Waals surface area (Å²) < 4.78 is 16.0. The number of ether oxygens (including phenoxy) is 3. The molecule has 0 spiro atoms. The van der Waals surface area contributed by atoms with Crippen LogP contribution in [0.25, 0.3) is 0 Å². The Morgan fingerprint density at radius 3 is 3.00 bits per heavy atom. The second kappa shape index (κ2) is 5.08. The fourth-order valence-corrected chi connectivity index (χ4v) is 1.86. The summed E-state index contributed by atoms with van der Waals surface area (Å²) in [4.78, 5) is 14.8. The summed E-state index contributed by atoms with van der Waals surface area (Å²) in [5, 5.41) is 9.01. The lowest BCUT2D eigenvalue weighted by atomic mass is 10.2. The van der Waals surface area contributed by atoms with E-state index in [1.165, 1.54) is 6.20 Å². The molecule has 2 aromatic rings. The highest BCUT2D eigenvalue weighted by Gasteiger charge is 2.15. The van der Waals surface area contributed by atoms with Gasteiger partial charge in [0.1, 0.15) is 6.61 Å². The third kappa shape index (κ3) is 2.35. The van der Waals surface area contributed by atoms with Crippen molar-refractivity contribution in [3.05, 3.63) is 47.8 Å². The van der Waals surface area contributed by atoms with Crippen molar-refractivity contribution in [3.8, 4) is 17.2 Å². The third-order valence-electron chi connectivity index (χ3n) is 2.80. The SMILES string of the molecule is O=C(O)c1ncccc1OCc1ccc2c(c1)OCO2. The molecule has 20 heavy (non-hydrogen) atoms. The minimum absolute atomic E-state index is 0.103. The van der Waals surface area contributed by atoms with Gasteiger partial charge in [0.15, 0.2) is 22.9 Å². The molecule has 0 saturated heterocycles. The summed E-state index contributed by atoms with van der Waals surface area (Å²) in [5.41, 5.74) is 0.752. The van der Waals surface area contributed by atoms with Crippen LogP contribution in [0.3, 0.4) is 0 Å². The van der Waals surface area contributed by atoms with Gasteiger partial charge in [0.25, 0.3) is 0 Å². The lowest BCUT2D eigenvalue weighted by Crippen LogP contribution is -2.05. The van der Waals surface area contributed by atoms with E-state index in [1.54, 1.807) is 24.3 Å². The lowest BCUT2D eigenvalue weighted by Gasteiger charge is -2.08. The second-order valence-electron chi connectivity index (χ2n) is 4.13. The molecule has 0 atom stereocenters. The maximum atomic E-state index is 11.0. The van der Waals surface area contributed by atoms with Crippen LogP contribution in [-0.2, 0) is 6.61 Å². The number of carboxylic acid groups (broad SMARTS) is 1. The molecule has 6 heteroatoms. The highest BCUT2D eigenvalue weighted by atomic mass is 16.7. The molecule has 2 heterocycles. The van der Waals surface area contributed by atoms with Gasteiger partial charge in [0, 0.05) is 6.20 Å².